The van der Waals surface area contributed by atoms with Gasteiger partial charge in [-0.1, -0.05) is 30.3 Å². The number of rotatable bonds is 3. The molecule has 1 aliphatic carbocycles. The van der Waals surface area contributed by atoms with E-state index in [2.05, 4.69) is 17.4 Å². The monoisotopic (exact) mass is 234 g/mol. The van der Waals surface area contributed by atoms with Crippen LogP contribution in [0.25, 0.3) is 0 Å². The first kappa shape index (κ1) is 11.9. The maximum atomic E-state index is 11.3. The van der Waals surface area contributed by atoms with E-state index in [1.807, 2.05) is 25.1 Å². The van der Waals surface area contributed by atoms with Gasteiger partial charge in [0, 0.05) is 13.1 Å². The van der Waals surface area contributed by atoms with Gasteiger partial charge >= 0.3 is 6.03 Å². The zero-order valence-corrected chi connectivity index (χ0v) is 10.1. The molecule has 3 atom stereocenters. The molecule has 1 fully saturated rings. The Balaban J connectivity index is 1.88. The summed E-state index contributed by atoms with van der Waals surface area (Å²) in [6.45, 7) is 1.98. The minimum atomic E-state index is -0.448. The zero-order chi connectivity index (χ0) is 12.4. The molecular formula is C13H18N2O2. The summed E-state index contributed by atoms with van der Waals surface area (Å²) in [5.41, 5.74) is 1.33. The average Bonchev–Trinajstić information content (AvgIpc) is 3.10. The highest BCUT2D eigenvalue weighted by Crippen LogP contribution is 2.49. The van der Waals surface area contributed by atoms with Gasteiger partial charge in [-0.25, -0.2) is 9.86 Å². The van der Waals surface area contributed by atoms with Crippen molar-refractivity contribution in [3.05, 3.63) is 35.9 Å². The van der Waals surface area contributed by atoms with Crippen molar-refractivity contribution in [3.63, 3.8) is 0 Å². The summed E-state index contributed by atoms with van der Waals surface area (Å²) >= 11 is 0. The van der Waals surface area contributed by atoms with Crippen molar-refractivity contribution in [3.8, 4) is 0 Å². The molecule has 4 nitrogen and oxygen atoms in total. The topological polar surface area (TPSA) is 52.6 Å². The molecule has 1 aromatic carbocycles. The number of urea groups is 1. The van der Waals surface area contributed by atoms with Gasteiger partial charge in [0.2, 0.25) is 0 Å². The Bertz CT molecular complexity index is 392. The van der Waals surface area contributed by atoms with Crippen molar-refractivity contribution >= 4 is 6.03 Å². The summed E-state index contributed by atoms with van der Waals surface area (Å²) in [4.78, 5) is 11.3. The van der Waals surface area contributed by atoms with E-state index in [4.69, 9.17) is 5.21 Å². The fraction of sp³-hybridized carbons (Fsp3) is 0.462. The third-order valence-electron chi connectivity index (χ3n) is 3.35. The van der Waals surface area contributed by atoms with E-state index >= 15 is 0 Å². The van der Waals surface area contributed by atoms with Gasteiger partial charge in [0.25, 0.3) is 0 Å². The van der Waals surface area contributed by atoms with E-state index in [-0.39, 0.29) is 6.04 Å². The van der Waals surface area contributed by atoms with Gasteiger partial charge < -0.3 is 5.32 Å². The van der Waals surface area contributed by atoms with Gasteiger partial charge in [0.15, 0.2) is 0 Å². The molecule has 1 aliphatic rings. The molecule has 0 spiro atoms. The molecule has 0 bridgehead atoms. The number of carbonyl (C=O) groups excluding carboxylic acids is 1. The summed E-state index contributed by atoms with van der Waals surface area (Å²) < 4.78 is 0. The van der Waals surface area contributed by atoms with Gasteiger partial charge in [-0.05, 0) is 30.7 Å². The molecule has 17 heavy (non-hydrogen) atoms. The second-order valence-electron chi connectivity index (χ2n) is 4.68. The summed E-state index contributed by atoms with van der Waals surface area (Å²) in [7, 11) is 1.32. The van der Waals surface area contributed by atoms with Crippen LogP contribution in [0.1, 0.15) is 24.8 Å². The highest BCUT2D eigenvalue weighted by molar-refractivity contribution is 5.72. The van der Waals surface area contributed by atoms with Crippen LogP contribution < -0.4 is 5.32 Å². The molecule has 0 saturated heterocycles. The Kier molecular flexibility index (Phi) is 3.33. The molecule has 1 unspecified atom stereocenters. The Morgan fingerprint density at radius 3 is 2.71 bits per heavy atom. The number of nitrogens with zero attached hydrogens (tertiary/aromatic N) is 1. The van der Waals surface area contributed by atoms with E-state index in [0.717, 1.165) is 6.42 Å². The van der Waals surface area contributed by atoms with Crippen LogP contribution in [-0.2, 0) is 0 Å². The van der Waals surface area contributed by atoms with Gasteiger partial charge in [0.1, 0.15) is 0 Å². The quantitative estimate of drug-likeness (QED) is 0.622. The molecule has 4 heteroatoms. The van der Waals surface area contributed by atoms with Crippen LogP contribution in [0, 0.1) is 5.92 Å². The Hall–Kier alpha value is -1.55. The standard InChI is InChI=1S/C13H18N2O2/c1-9(14-13(16)15(2)17)11-8-12(11)10-6-4-3-5-7-10/h3-7,9,11-12,17H,8H2,1-2H3,(H,14,16)/t9?,11-,12-/m0/s1. The molecule has 0 aliphatic heterocycles. The van der Waals surface area contributed by atoms with E-state index < -0.39 is 6.03 Å². The second kappa shape index (κ2) is 4.75. The van der Waals surface area contributed by atoms with E-state index in [1.54, 1.807) is 0 Å². The van der Waals surface area contributed by atoms with Gasteiger partial charge in [-0.15, -0.1) is 0 Å². The lowest BCUT2D eigenvalue weighted by Crippen LogP contribution is -2.41. The molecule has 0 aromatic heterocycles. The minimum absolute atomic E-state index is 0.0855. The Morgan fingerprint density at radius 2 is 2.12 bits per heavy atom. The van der Waals surface area contributed by atoms with Crippen molar-refractivity contribution in [2.45, 2.75) is 25.3 Å². The Labute approximate surface area is 101 Å². The number of carbonyl (C=O) groups is 1. The van der Waals surface area contributed by atoms with Crippen LogP contribution in [0.15, 0.2) is 30.3 Å². The van der Waals surface area contributed by atoms with E-state index in [1.165, 1.54) is 12.6 Å². The number of nitrogens with one attached hydrogen (secondary N) is 1. The smallest absolute Gasteiger partial charge is 0.333 e. The number of amides is 2. The third kappa shape index (κ3) is 2.77. The van der Waals surface area contributed by atoms with Crippen molar-refractivity contribution in [2.24, 2.45) is 5.92 Å². The van der Waals surface area contributed by atoms with Crippen LogP contribution in [0.5, 0.6) is 0 Å². The van der Waals surface area contributed by atoms with Crippen LogP contribution >= 0.6 is 0 Å². The fourth-order valence-electron chi connectivity index (χ4n) is 2.25. The van der Waals surface area contributed by atoms with Crippen LogP contribution in [0.4, 0.5) is 4.79 Å². The molecule has 2 amide bonds. The maximum absolute atomic E-state index is 11.3. The van der Waals surface area contributed by atoms with Crippen LogP contribution in [0.3, 0.4) is 0 Å². The number of benzene rings is 1. The lowest BCUT2D eigenvalue weighted by molar-refractivity contribution is -0.0194. The lowest BCUT2D eigenvalue weighted by Gasteiger charge is -2.16. The normalized spacial score (nSPS) is 23.9. The molecule has 0 radical (unpaired) electrons. The van der Waals surface area contributed by atoms with Crippen molar-refractivity contribution < 1.29 is 10.0 Å². The molecule has 0 heterocycles. The first-order chi connectivity index (χ1) is 8.09. The molecule has 1 saturated carbocycles. The predicted octanol–water partition coefficient (Wildman–Crippen LogP) is 2.21. The molecule has 2 N–H and O–H groups in total. The fourth-order valence-corrected chi connectivity index (χ4v) is 2.25. The SMILES string of the molecule is CC(NC(=O)N(C)O)[C@@H]1C[C@H]1c1ccccc1. The van der Waals surface area contributed by atoms with Gasteiger partial charge in [-0.2, -0.15) is 0 Å². The van der Waals surface area contributed by atoms with E-state index in [0.29, 0.717) is 16.9 Å². The maximum Gasteiger partial charge on any atom is 0.341 e. The van der Waals surface area contributed by atoms with Gasteiger partial charge in [-0.3, -0.25) is 5.21 Å². The molecule has 92 valence electrons. The van der Waals surface area contributed by atoms with Crippen molar-refractivity contribution in [2.75, 3.05) is 7.05 Å². The first-order valence-electron chi connectivity index (χ1n) is 5.87. The minimum Gasteiger partial charge on any atom is -0.333 e. The highest BCUT2D eigenvalue weighted by Gasteiger charge is 2.42. The van der Waals surface area contributed by atoms with Crippen molar-refractivity contribution in [1.29, 1.82) is 0 Å². The first-order valence-corrected chi connectivity index (χ1v) is 5.87. The largest absolute Gasteiger partial charge is 0.341 e. The third-order valence-corrected chi connectivity index (χ3v) is 3.35. The summed E-state index contributed by atoms with van der Waals surface area (Å²) in [5.74, 6) is 1.01. The summed E-state index contributed by atoms with van der Waals surface area (Å²) in [5, 5.41) is 12.3. The summed E-state index contributed by atoms with van der Waals surface area (Å²) in [6, 6.07) is 9.96. The second-order valence-corrected chi connectivity index (χ2v) is 4.68. The molecule has 2 rings (SSSR count). The number of hydrogen-bond acceptors (Lipinski definition) is 2. The number of hydrogen-bond donors (Lipinski definition) is 2. The molecule has 1 aromatic rings. The Morgan fingerprint density at radius 1 is 1.47 bits per heavy atom. The summed E-state index contributed by atoms with van der Waals surface area (Å²) in [6.07, 6.45) is 1.10. The average molecular weight is 234 g/mol. The van der Waals surface area contributed by atoms with Gasteiger partial charge in [0.05, 0.1) is 0 Å². The van der Waals surface area contributed by atoms with Crippen LogP contribution in [-0.4, -0.2) is 29.4 Å². The number of hydroxylamine groups is 2. The zero-order valence-electron chi connectivity index (χ0n) is 10.1. The highest BCUT2D eigenvalue weighted by atomic mass is 16.5. The predicted molar refractivity (Wildman–Crippen MR) is 64.8 cm³/mol. The van der Waals surface area contributed by atoms with Crippen molar-refractivity contribution in [1.82, 2.24) is 10.4 Å². The molecular weight excluding hydrogens is 216 g/mol. The lowest BCUT2D eigenvalue weighted by atomic mass is 10.1. The van der Waals surface area contributed by atoms with E-state index in [9.17, 15) is 4.79 Å². The van der Waals surface area contributed by atoms with Crippen LogP contribution in [0.2, 0.25) is 0 Å².